The number of hydrogen-bond donors (Lipinski definition) is 0. The van der Waals surface area contributed by atoms with Gasteiger partial charge in [-0.1, -0.05) is 0 Å². The van der Waals surface area contributed by atoms with E-state index in [0.29, 0.717) is 44.2 Å². The third-order valence-corrected chi connectivity index (χ3v) is 6.93. The Morgan fingerprint density at radius 1 is 1.00 bits per heavy atom. The Hall–Kier alpha value is -2.91. The summed E-state index contributed by atoms with van der Waals surface area (Å²) in [5.41, 5.74) is 2.57. The minimum atomic E-state index is -3.67. The van der Waals surface area contributed by atoms with Crippen LogP contribution in [-0.2, 0) is 23.1 Å². The molecule has 0 aliphatic carbocycles. The zero-order valence-corrected chi connectivity index (χ0v) is 16.5. The SMILES string of the molecule is O=S(=O)(c1ccc2c(c1)OCCO2)N1CCCn2nc(-c3cccnc3)cc2C1. The Balaban J connectivity index is 1.45. The molecule has 0 saturated heterocycles. The standard InChI is InChI=1S/C20H20N4O4S/c25-29(26,17-4-5-19-20(12-17)28-10-9-27-19)23-7-2-8-24-16(14-23)11-18(22-24)15-3-1-6-21-13-15/h1,3-6,11-13H,2,7-10,14H2. The third kappa shape index (κ3) is 3.36. The molecule has 150 valence electrons. The van der Waals surface area contributed by atoms with E-state index in [2.05, 4.69) is 10.1 Å². The van der Waals surface area contributed by atoms with Crippen LogP contribution in [0.1, 0.15) is 12.1 Å². The Labute approximate surface area is 168 Å². The van der Waals surface area contributed by atoms with Crippen LogP contribution in [-0.4, -0.2) is 47.2 Å². The molecule has 8 nitrogen and oxygen atoms in total. The van der Waals surface area contributed by atoms with Crippen molar-refractivity contribution >= 4 is 10.0 Å². The predicted octanol–water partition coefficient (Wildman–Crippen LogP) is 2.31. The highest BCUT2D eigenvalue weighted by Gasteiger charge is 2.29. The van der Waals surface area contributed by atoms with Gasteiger partial charge in [0.05, 0.1) is 22.8 Å². The minimum absolute atomic E-state index is 0.210. The molecule has 5 rings (SSSR count). The third-order valence-electron chi connectivity index (χ3n) is 5.09. The molecule has 0 saturated carbocycles. The summed E-state index contributed by atoms with van der Waals surface area (Å²) in [6.45, 7) is 2.25. The maximum atomic E-state index is 13.3. The summed E-state index contributed by atoms with van der Waals surface area (Å²) in [5, 5.41) is 4.65. The van der Waals surface area contributed by atoms with Gasteiger partial charge in [-0.25, -0.2) is 8.42 Å². The number of ether oxygens (including phenoxy) is 2. The van der Waals surface area contributed by atoms with Crippen LogP contribution in [0.3, 0.4) is 0 Å². The van der Waals surface area contributed by atoms with Crippen molar-refractivity contribution in [3.63, 3.8) is 0 Å². The molecule has 2 aliphatic heterocycles. The van der Waals surface area contributed by atoms with E-state index in [0.717, 1.165) is 17.0 Å². The smallest absolute Gasteiger partial charge is 0.243 e. The zero-order chi connectivity index (χ0) is 19.8. The van der Waals surface area contributed by atoms with Crippen molar-refractivity contribution < 1.29 is 17.9 Å². The number of fused-ring (bicyclic) bond motifs is 2. The van der Waals surface area contributed by atoms with Crippen LogP contribution < -0.4 is 9.47 Å². The van der Waals surface area contributed by atoms with Crippen molar-refractivity contribution in [3.05, 3.63) is 54.5 Å². The van der Waals surface area contributed by atoms with E-state index in [9.17, 15) is 8.42 Å². The van der Waals surface area contributed by atoms with E-state index in [1.54, 1.807) is 30.6 Å². The van der Waals surface area contributed by atoms with Crippen LogP contribution in [0.2, 0.25) is 0 Å². The summed E-state index contributed by atoms with van der Waals surface area (Å²) in [7, 11) is -3.67. The summed E-state index contributed by atoms with van der Waals surface area (Å²) in [6, 6.07) is 10.5. The van der Waals surface area contributed by atoms with Crippen molar-refractivity contribution in [2.24, 2.45) is 0 Å². The van der Waals surface area contributed by atoms with Crippen molar-refractivity contribution in [1.29, 1.82) is 0 Å². The highest BCUT2D eigenvalue weighted by atomic mass is 32.2. The fraction of sp³-hybridized carbons (Fsp3) is 0.300. The zero-order valence-electron chi connectivity index (χ0n) is 15.7. The van der Waals surface area contributed by atoms with E-state index < -0.39 is 10.0 Å². The molecule has 0 atom stereocenters. The Bertz CT molecular complexity index is 1140. The summed E-state index contributed by atoms with van der Waals surface area (Å²) in [5.74, 6) is 1.04. The topological polar surface area (TPSA) is 86.6 Å². The molecular formula is C20H20N4O4S. The number of rotatable bonds is 3. The van der Waals surface area contributed by atoms with Gasteiger partial charge < -0.3 is 9.47 Å². The lowest BCUT2D eigenvalue weighted by Crippen LogP contribution is -2.31. The number of nitrogens with zero attached hydrogens (tertiary/aromatic N) is 4. The highest BCUT2D eigenvalue weighted by Crippen LogP contribution is 2.34. The van der Waals surface area contributed by atoms with E-state index in [1.807, 2.05) is 22.9 Å². The van der Waals surface area contributed by atoms with Gasteiger partial charge in [0, 0.05) is 37.1 Å². The highest BCUT2D eigenvalue weighted by molar-refractivity contribution is 7.89. The van der Waals surface area contributed by atoms with Crippen molar-refractivity contribution in [2.45, 2.75) is 24.4 Å². The van der Waals surface area contributed by atoms with Gasteiger partial charge in [0.25, 0.3) is 0 Å². The fourth-order valence-corrected chi connectivity index (χ4v) is 5.09. The Kier molecular flexibility index (Phi) is 4.48. The van der Waals surface area contributed by atoms with Crippen LogP contribution in [0.25, 0.3) is 11.3 Å². The molecule has 0 amide bonds. The first-order valence-electron chi connectivity index (χ1n) is 9.48. The maximum absolute atomic E-state index is 13.3. The number of hydrogen-bond acceptors (Lipinski definition) is 6. The van der Waals surface area contributed by atoms with E-state index in [1.165, 1.54) is 4.31 Å². The molecule has 0 N–H and O–H groups in total. The van der Waals surface area contributed by atoms with Gasteiger partial charge >= 0.3 is 0 Å². The number of benzene rings is 1. The van der Waals surface area contributed by atoms with Crippen molar-refractivity contribution in [3.8, 4) is 22.8 Å². The molecule has 3 aromatic rings. The lowest BCUT2D eigenvalue weighted by Gasteiger charge is -2.22. The van der Waals surface area contributed by atoms with Crippen LogP contribution in [0, 0.1) is 0 Å². The van der Waals surface area contributed by atoms with Gasteiger partial charge in [-0.15, -0.1) is 0 Å². The van der Waals surface area contributed by atoms with Crippen molar-refractivity contribution in [2.75, 3.05) is 19.8 Å². The monoisotopic (exact) mass is 412 g/mol. The largest absolute Gasteiger partial charge is 0.486 e. The normalized spacial score (nSPS) is 16.8. The minimum Gasteiger partial charge on any atom is -0.486 e. The van der Waals surface area contributed by atoms with Crippen LogP contribution in [0.5, 0.6) is 11.5 Å². The average molecular weight is 412 g/mol. The molecule has 0 spiro atoms. The first-order valence-corrected chi connectivity index (χ1v) is 10.9. The van der Waals surface area contributed by atoms with Crippen LogP contribution >= 0.6 is 0 Å². The number of aryl methyl sites for hydroxylation is 1. The van der Waals surface area contributed by atoms with Crippen LogP contribution in [0.15, 0.2) is 53.7 Å². The molecule has 1 aromatic carbocycles. The molecule has 0 bridgehead atoms. The molecule has 0 fully saturated rings. The molecule has 0 unspecified atom stereocenters. The van der Waals surface area contributed by atoms with Crippen molar-refractivity contribution in [1.82, 2.24) is 19.1 Å². The van der Waals surface area contributed by atoms with Gasteiger partial charge in [-0.05, 0) is 36.8 Å². The summed E-state index contributed by atoms with van der Waals surface area (Å²) in [4.78, 5) is 4.35. The Morgan fingerprint density at radius 3 is 2.69 bits per heavy atom. The maximum Gasteiger partial charge on any atom is 0.243 e. The van der Waals surface area contributed by atoms with E-state index in [4.69, 9.17) is 9.47 Å². The summed E-state index contributed by atoms with van der Waals surface area (Å²) in [6.07, 6.45) is 4.16. The quantitative estimate of drug-likeness (QED) is 0.656. The van der Waals surface area contributed by atoms with Gasteiger partial charge in [0.1, 0.15) is 13.2 Å². The van der Waals surface area contributed by atoms with Crippen LogP contribution in [0.4, 0.5) is 0 Å². The lowest BCUT2D eigenvalue weighted by molar-refractivity contribution is 0.171. The molecule has 2 aliphatic rings. The molecule has 0 radical (unpaired) electrons. The first kappa shape index (κ1) is 18.1. The first-order chi connectivity index (χ1) is 14.1. The van der Waals surface area contributed by atoms with E-state index >= 15 is 0 Å². The number of aromatic nitrogens is 3. The van der Waals surface area contributed by atoms with E-state index in [-0.39, 0.29) is 11.4 Å². The molecule has 4 heterocycles. The van der Waals surface area contributed by atoms with Gasteiger partial charge in [0.2, 0.25) is 10.0 Å². The summed E-state index contributed by atoms with van der Waals surface area (Å²) >= 11 is 0. The average Bonchev–Trinajstić information content (AvgIpc) is 3.05. The van der Waals surface area contributed by atoms with Gasteiger partial charge in [0.15, 0.2) is 11.5 Å². The molecule has 9 heteroatoms. The number of sulfonamides is 1. The predicted molar refractivity (Wildman–Crippen MR) is 105 cm³/mol. The number of pyridine rings is 1. The fourth-order valence-electron chi connectivity index (χ4n) is 3.63. The molecule has 2 aromatic heterocycles. The second-order valence-electron chi connectivity index (χ2n) is 6.98. The Morgan fingerprint density at radius 2 is 1.86 bits per heavy atom. The van der Waals surface area contributed by atoms with Gasteiger partial charge in [-0.3, -0.25) is 9.67 Å². The molecule has 29 heavy (non-hydrogen) atoms. The molecular weight excluding hydrogens is 392 g/mol. The second-order valence-corrected chi connectivity index (χ2v) is 8.92. The summed E-state index contributed by atoms with van der Waals surface area (Å²) < 4.78 is 41.1. The lowest BCUT2D eigenvalue weighted by atomic mass is 10.2. The van der Waals surface area contributed by atoms with Gasteiger partial charge in [-0.2, -0.15) is 9.40 Å². The second kappa shape index (κ2) is 7.16.